The Morgan fingerprint density at radius 2 is 0.714 bits per heavy atom. The topological polar surface area (TPSA) is 211 Å². The summed E-state index contributed by atoms with van der Waals surface area (Å²) in [5.41, 5.74) is 0. The average Bonchev–Trinajstić information content (AvgIpc) is 3.16. The summed E-state index contributed by atoms with van der Waals surface area (Å²) in [7, 11) is 0. The largest absolute Gasteiger partial charge is 0.480 e. The molecule has 0 heterocycles. The predicted molar refractivity (Wildman–Crippen MR) is 203 cm³/mol. The number of rotatable bonds is 46. The number of amides is 1. The van der Waals surface area contributed by atoms with Gasteiger partial charge in [-0.15, -0.1) is 0 Å². The zero-order valence-corrected chi connectivity index (χ0v) is 34.1. The van der Waals surface area contributed by atoms with E-state index in [2.05, 4.69) is 5.32 Å². The molecule has 0 aromatic rings. The number of aliphatic carboxylic acids is 1. The minimum Gasteiger partial charge on any atom is -0.480 e. The van der Waals surface area contributed by atoms with Crippen molar-refractivity contribution in [1.29, 1.82) is 0 Å². The molecule has 0 aliphatic heterocycles. The van der Waals surface area contributed by atoms with E-state index < -0.39 is 17.9 Å². The first-order valence-corrected chi connectivity index (χ1v) is 19.7. The number of carbonyl (C=O) groups is 4. The average molecular weight is 814 g/mol. The summed E-state index contributed by atoms with van der Waals surface area (Å²) in [6.07, 6.45) is 1.43. The van der Waals surface area contributed by atoms with Gasteiger partial charge in [-0.25, -0.2) is 4.79 Å². The number of Topliss-reactive ketones (excluding diaryl/α,β-unsaturated/α-hetero) is 2. The molecule has 0 aliphatic rings. The fraction of sp³-hybridized carbons (Fsp3) is 0.895. The zero-order chi connectivity index (χ0) is 41.2. The minimum absolute atomic E-state index is 0.0495. The van der Waals surface area contributed by atoms with Gasteiger partial charge < -0.3 is 67.3 Å². The molecular weight excluding hydrogens is 742 g/mol. The summed E-state index contributed by atoms with van der Waals surface area (Å²) in [6, 6.07) is -1.05. The van der Waals surface area contributed by atoms with E-state index in [1.54, 1.807) is 0 Å². The molecule has 18 heteroatoms. The third-order valence-electron chi connectivity index (χ3n) is 7.36. The van der Waals surface area contributed by atoms with Crippen LogP contribution in [0.5, 0.6) is 0 Å². The monoisotopic (exact) mass is 813 g/mol. The molecule has 0 bridgehead atoms. The molecule has 0 aromatic heterocycles. The van der Waals surface area contributed by atoms with E-state index >= 15 is 0 Å². The fourth-order valence-corrected chi connectivity index (χ4v) is 4.29. The summed E-state index contributed by atoms with van der Waals surface area (Å²) in [6.45, 7) is 16.0. The number of hydrogen-bond acceptors (Lipinski definition) is 16. The van der Waals surface area contributed by atoms with E-state index in [0.717, 1.165) is 0 Å². The number of carboxylic acid groups (broad SMARTS) is 1. The van der Waals surface area contributed by atoms with Gasteiger partial charge in [0.25, 0.3) is 0 Å². The lowest BCUT2D eigenvalue weighted by molar-refractivity contribution is -0.141. The summed E-state index contributed by atoms with van der Waals surface area (Å²) in [5, 5.41) is 11.4. The first-order valence-electron chi connectivity index (χ1n) is 19.7. The highest BCUT2D eigenvalue weighted by molar-refractivity contribution is 5.83. The number of hydrogen-bond donors (Lipinski definition) is 2. The maximum atomic E-state index is 11.9. The lowest BCUT2D eigenvalue weighted by Crippen LogP contribution is -2.39. The second-order valence-electron chi connectivity index (χ2n) is 12.5. The van der Waals surface area contributed by atoms with Gasteiger partial charge in [-0.05, 0) is 12.8 Å². The van der Waals surface area contributed by atoms with E-state index in [0.29, 0.717) is 178 Å². The molecule has 0 saturated carbocycles. The Kier molecular flexibility index (Phi) is 40.7. The molecule has 0 aromatic carbocycles. The Hall–Kier alpha value is -2.20. The van der Waals surface area contributed by atoms with Crippen molar-refractivity contribution < 1.29 is 81.1 Å². The van der Waals surface area contributed by atoms with Crippen LogP contribution in [0.25, 0.3) is 0 Å². The highest BCUT2D eigenvalue weighted by Gasteiger charge is 2.19. The van der Waals surface area contributed by atoms with Crippen LogP contribution >= 0.6 is 0 Å². The highest BCUT2D eigenvalue weighted by atomic mass is 16.6. The van der Waals surface area contributed by atoms with Crippen molar-refractivity contribution in [2.24, 2.45) is 5.92 Å². The van der Waals surface area contributed by atoms with Crippen molar-refractivity contribution in [2.75, 3.05) is 159 Å². The summed E-state index contributed by atoms with van der Waals surface area (Å²) >= 11 is 0. The van der Waals surface area contributed by atoms with Crippen LogP contribution in [0.15, 0.2) is 0 Å². The number of ketones is 2. The molecule has 0 unspecified atom stereocenters. The molecule has 1 atom stereocenters. The summed E-state index contributed by atoms with van der Waals surface area (Å²) < 4.78 is 65.4. The van der Waals surface area contributed by atoms with E-state index in [-0.39, 0.29) is 30.3 Å². The molecule has 0 aliphatic carbocycles. The molecule has 0 spiro atoms. The van der Waals surface area contributed by atoms with Crippen molar-refractivity contribution in [2.45, 2.75) is 58.9 Å². The van der Waals surface area contributed by atoms with E-state index in [1.807, 2.05) is 13.8 Å². The second-order valence-corrected chi connectivity index (χ2v) is 12.5. The van der Waals surface area contributed by atoms with Crippen LogP contribution in [0.1, 0.15) is 52.9 Å². The first kappa shape index (κ1) is 53.8. The molecule has 0 rings (SSSR count). The summed E-state index contributed by atoms with van der Waals surface area (Å²) in [5.74, 6) is -1.40. The smallest absolute Gasteiger partial charge is 0.326 e. The van der Waals surface area contributed by atoms with Gasteiger partial charge in [0.2, 0.25) is 5.91 Å². The van der Waals surface area contributed by atoms with Crippen molar-refractivity contribution in [1.82, 2.24) is 5.32 Å². The fourth-order valence-electron chi connectivity index (χ4n) is 4.29. The van der Waals surface area contributed by atoms with Crippen molar-refractivity contribution in [3.63, 3.8) is 0 Å². The standard InChI is InChI=1S/C38H71NO17/c1-33(2)37(42)8-10-46-12-14-48-16-18-50-20-22-52-24-26-54-28-30-56-32-31-55-29-27-53-25-23-51-21-19-49-17-15-47-13-11-45-9-4-5-35(41)6-7-36(38(43)44)39-34(3)40/h33,36H,4-32H2,1-3H3,(H,39,40)(H,43,44)/t36-/m0/s1. The van der Waals surface area contributed by atoms with E-state index in [4.69, 9.17) is 61.9 Å². The van der Waals surface area contributed by atoms with Crippen LogP contribution in [-0.4, -0.2) is 193 Å². The Labute approximate surface area is 333 Å². The zero-order valence-electron chi connectivity index (χ0n) is 34.1. The van der Waals surface area contributed by atoms with Crippen molar-refractivity contribution in [3.8, 4) is 0 Å². The number of carboxylic acids is 1. The second kappa shape index (κ2) is 42.4. The maximum absolute atomic E-state index is 11.9. The molecule has 1 amide bonds. The minimum atomic E-state index is -1.15. The molecule has 0 radical (unpaired) electrons. The lowest BCUT2D eigenvalue weighted by Gasteiger charge is -2.12. The first-order chi connectivity index (χ1) is 27.2. The van der Waals surface area contributed by atoms with Crippen LogP contribution in [-0.2, 0) is 76.0 Å². The Morgan fingerprint density at radius 3 is 0.982 bits per heavy atom. The van der Waals surface area contributed by atoms with Gasteiger partial charge in [0, 0.05) is 38.7 Å². The van der Waals surface area contributed by atoms with Crippen LogP contribution in [0.4, 0.5) is 0 Å². The van der Waals surface area contributed by atoms with Gasteiger partial charge in [0.05, 0.1) is 152 Å². The maximum Gasteiger partial charge on any atom is 0.326 e. The molecule has 0 saturated heterocycles. The van der Waals surface area contributed by atoms with Gasteiger partial charge in [-0.1, -0.05) is 13.8 Å². The van der Waals surface area contributed by atoms with Gasteiger partial charge >= 0.3 is 5.97 Å². The molecule has 56 heavy (non-hydrogen) atoms. The number of ether oxygens (including phenoxy) is 12. The normalized spacial score (nSPS) is 12.0. The van der Waals surface area contributed by atoms with Crippen LogP contribution in [0.2, 0.25) is 0 Å². The molecular formula is C38H71NO17. The Bertz CT molecular complexity index is 927. The molecule has 2 N–H and O–H groups in total. The highest BCUT2D eigenvalue weighted by Crippen LogP contribution is 2.04. The Morgan fingerprint density at radius 1 is 0.429 bits per heavy atom. The number of nitrogens with one attached hydrogen (secondary N) is 1. The summed E-state index contributed by atoms with van der Waals surface area (Å²) in [4.78, 5) is 45.5. The third-order valence-corrected chi connectivity index (χ3v) is 7.36. The van der Waals surface area contributed by atoms with Crippen LogP contribution in [0.3, 0.4) is 0 Å². The van der Waals surface area contributed by atoms with Crippen molar-refractivity contribution in [3.05, 3.63) is 0 Å². The van der Waals surface area contributed by atoms with Gasteiger partial charge in [-0.2, -0.15) is 0 Å². The van der Waals surface area contributed by atoms with Gasteiger partial charge in [0.15, 0.2) is 0 Å². The molecule has 18 nitrogen and oxygen atoms in total. The van der Waals surface area contributed by atoms with E-state index in [9.17, 15) is 19.2 Å². The quantitative estimate of drug-likeness (QED) is 0.0835. The van der Waals surface area contributed by atoms with Gasteiger partial charge in [-0.3, -0.25) is 14.4 Å². The Balaban J connectivity index is 3.19. The SMILES string of the molecule is CC(=O)N[C@@H](CCC(=O)CCCOCCOCCOCCOCCOCCOCCOCCOCCOCCOCCOCCOCCC(=O)C(C)C)C(=O)O. The lowest BCUT2D eigenvalue weighted by atomic mass is 10.1. The van der Waals surface area contributed by atoms with Crippen LogP contribution in [0, 0.1) is 5.92 Å². The molecule has 330 valence electrons. The van der Waals surface area contributed by atoms with Gasteiger partial charge in [0.1, 0.15) is 17.6 Å². The van der Waals surface area contributed by atoms with Crippen molar-refractivity contribution >= 4 is 23.4 Å². The third kappa shape index (κ3) is 41.4. The number of carbonyl (C=O) groups excluding carboxylic acids is 3. The predicted octanol–water partition coefficient (Wildman–Crippen LogP) is 1.52. The van der Waals surface area contributed by atoms with E-state index in [1.165, 1.54) is 6.92 Å². The van der Waals surface area contributed by atoms with Crippen LogP contribution < -0.4 is 5.32 Å². The molecule has 0 fully saturated rings.